The first kappa shape index (κ1) is 14.5. The number of hydrogen-bond acceptors (Lipinski definition) is 3. The minimum atomic E-state index is -0.901. The van der Waals surface area contributed by atoms with Crippen molar-refractivity contribution < 1.29 is 14.7 Å². The quantitative estimate of drug-likeness (QED) is 0.824. The molecule has 1 amide bonds. The fourth-order valence-electron chi connectivity index (χ4n) is 2.50. The van der Waals surface area contributed by atoms with E-state index in [0.29, 0.717) is 13.0 Å². The number of carbonyl (C=O) groups is 2. The molecule has 1 aromatic rings. The topological polar surface area (TPSA) is 69.6 Å². The van der Waals surface area contributed by atoms with Crippen molar-refractivity contribution in [3.05, 3.63) is 29.8 Å². The van der Waals surface area contributed by atoms with Gasteiger partial charge in [-0.3, -0.25) is 14.9 Å². The molecule has 5 nitrogen and oxygen atoms in total. The minimum Gasteiger partial charge on any atom is -0.480 e. The van der Waals surface area contributed by atoms with Crippen LogP contribution in [0.3, 0.4) is 0 Å². The van der Waals surface area contributed by atoms with Crippen LogP contribution >= 0.6 is 0 Å². The number of amides is 1. The first-order chi connectivity index (χ1) is 9.63. The second-order valence-corrected chi connectivity index (χ2v) is 4.98. The Kier molecular flexibility index (Phi) is 4.74. The normalized spacial score (nSPS) is 14.9. The molecule has 1 atom stereocenters. The highest BCUT2D eigenvalue weighted by Gasteiger charge is 2.25. The Bertz CT molecular complexity index is 502. The summed E-state index contributed by atoms with van der Waals surface area (Å²) in [6.45, 7) is 2.66. The summed E-state index contributed by atoms with van der Waals surface area (Å²) in [5.74, 6) is -0.973. The van der Waals surface area contributed by atoms with Crippen molar-refractivity contribution in [2.45, 2.75) is 32.2 Å². The highest BCUT2D eigenvalue weighted by Crippen LogP contribution is 2.27. The van der Waals surface area contributed by atoms with E-state index in [1.165, 1.54) is 5.56 Å². The zero-order chi connectivity index (χ0) is 14.5. The third-order valence-corrected chi connectivity index (χ3v) is 3.56. The monoisotopic (exact) mass is 276 g/mol. The van der Waals surface area contributed by atoms with E-state index in [9.17, 15) is 9.59 Å². The standard InChI is InChI=1S/C15H20N2O3/c1-2-5-12(15(19)20)16-10-14(18)17-9-8-11-6-3-4-7-13(11)17/h3-4,6-7,12,16H,2,5,8-10H2,1H3,(H,19,20)/t12-/m1/s1. The first-order valence-corrected chi connectivity index (χ1v) is 6.98. The molecule has 0 radical (unpaired) electrons. The van der Waals surface area contributed by atoms with E-state index >= 15 is 0 Å². The summed E-state index contributed by atoms with van der Waals surface area (Å²) in [5, 5.41) is 11.9. The fourth-order valence-corrected chi connectivity index (χ4v) is 2.50. The van der Waals surface area contributed by atoms with Crippen LogP contribution in [0.2, 0.25) is 0 Å². The number of fused-ring (bicyclic) bond motifs is 1. The number of hydrogen-bond donors (Lipinski definition) is 2. The molecular weight excluding hydrogens is 256 g/mol. The Balaban J connectivity index is 1.95. The van der Waals surface area contributed by atoms with Gasteiger partial charge in [-0.15, -0.1) is 0 Å². The molecule has 0 aliphatic carbocycles. The molecule has 0 aromatic heterocycles. The van der Waals surface area contributed by atoms with E-state index in [1.54, 1.807) is 4.90 Å². The van der Waals surface area contributed by atoms with E-state index < -0.39 is 12.0 Å². The zero-order valence-electron chi connectivity index (χ0n) is 11.6. The number of rotatable bonds is 6. The van der Waals surface area contributed by atoms with Gasteiger partial charge in [0.2, 0.25) is 5.91 Å². The largest absolute Gasteiger partial charge is 0.480 e. The van der Waals surface area contributed by atoms with Crippen LogP contribution in [0.4, 0.5) is 5.69 Å². The molecule has 5 heteroatoms. The first-order valence-electron chi connectivity index (χ1n) is 6.98. The van der Waals surface area contributed by atoms with Gasteiger partial charge >= 0.3 is 5.97 Å². The van der Waals surface area contributed by atoms with E-state index in [4.69, 9.17) is 5.11 Å². The predicted molar refractivity (Wildman–Crippen MR) is 76.8 cm³/mol. The van der Waals surface area contributed by atoms with Crippen LogP contribution in [0.5, 0.6) is 0 Å². The third-order valence-electron chi connectivity index (χ3n) is 3.56. The maximum absolute atomic E-state index is 12.2. The Morgan fingerprint density at radius 2 is 2.15 bits per heavy atom. The van der Waals surface area contributed by atoms with Gasteiger partial charge in [-0.25, -0.2) is 0 Å². The second-order valence-electron chi connectivity index (χ2n) is 4.98. The summed E-state index contributed by atoms with van der Waals surface area (Å²) in [5.41, 5.74) is 2.12. The molecule has 0 saturated heterocycles. The van der Waals surface area contributed by atoms with Gasteiger partial charge in [0.25, 0.3) is 0 Å². The van der Waals surface area contributed by atoms with E-state index in [0.717, 1.165) is 18.5 Å². The van der Waals surface area contributed by atoms with Gasteiger partial charge in [0.15, 0.2) is 0 Å². The van der Waals surface area contributed by atoms with Crippen LogP contribution in [0.15, 0.2) is 24.3 Å². The van der Waals surface area contributed by atoms with Gasteiger partial charge in [0, 0.05) is 12.2 Å². The van der Waals surface area contributed by atoms with Crippen molar-refractivity contribution in [3.63, 3.8) is 0 Å². The number of carboxylic acids is 1. The number of nitrogens with zero attached hydrogens (tertiary/aromatic N) is 1. The molecule has 0 fully saturated rings. The summed E-state index contributed by atoms with van der Waals surface area (Å²) in [6.07, 6.45) is 2.16. The van der Waals surface area contributed by atoms with Crippen LogP contribution in [-0.2, 0) is 16.0 Å². The van der Waals surface area contributed by atoms with E-state index in [1.807, 2.05) is 31.2 Å². The van der Waals surface area contributed by atoms with Crippen molar-refractivity contribution in [2.24, 2.45) is 0 Å². The fraction of sp³-hybridized carbons (Fsp3) is 0.467. The third kappa shape index (κ3) is 3.17. The number of carbonyl (C=O) groups excluding carboxylic acids is 1. The molecule has 2 rings (SSSR count). The number of aliphatic carboxylic acids is 1. The van der Waals surface area contributed by atoms with Crippen molar-refractivity contribution in [3.8, 4) is 0 Å². The molecule has 0 spiro atoms. The highest BCUT2D eigenvalue weighted by molar-refractivity contribution is 5.97. The summed E-state index contributed by atoms with van der Waals surface area (Å²) < 4.78 is 0. The molecule has 0 unspecified atom stereocenters. The number of anilines is 1. The van der Waals surface area contributed by atoms with Crippen LogP contribution < -0.4 is 10.2 Å². The molecule has 1 aliphatic rings. The van der Waals surface area contributed by atoms with Crippen molar-refractivity contribution in [1.29, 1.82) is 0 Å². The highest BCUT2D eigenvalue weighted by atomic mass is 16.4. The molecule has 20 heavy (non-hydrogen) atoms. The Morgan fingerprint density at radius 3 is 2.85 bits per heavy atom. The Morgan fingerprint density at radius 1 is 1.40 bits per heavy atom. The average molecular weight is 276 g/mol. The molecule has 108 valence electrons. The smallest absolute Gasteiger partial charge is 0.320 e. The van der Waals surface area contributed by atoms with Gasteiger partial charge < -0.3 is 10.0 Å². The average Bonchev–Trinajstić information content (AvgIpc) is 2.86. The molecule has 0 bridgehead atoms. The molecule has 0 saturated carbocycles. The zero-order valence-corrected chi connectivity index (χ0v) is 11.6. The lowest BCUT2D eigenvalue weighted by molar-refractivity contribution is -0.139. The number of carboxylic acid groups (broad SMARTS) is 1. The van der Waals surface area contributed by atoms with E-state index in [2.05, 4.69) is 5.32 Å². The maximum atomic E-state index is 12.2. The molecule has 1 aromatic carbocycles. The summed E-state index contributed by atoms with van der Waals surface area (Å²) in [7, 11) is 0. The van der Waals surface area contributed by atoms with Crippen molar-refractivity contribution in [2.75, 3.05) is 18.0 Å². The van der Waals surface area contributed by atoms with Crippen molar-refractivity contribution in [1.82, 2.24) is 5.32 Å². The van der Waals surface area contributed by atoms with E-state index in [-0.39, 0.29) is 12.5 Å². The maximum Gasteiger partial charge on any atom is 0.320 e. The second kappa shape index (κ2) is 6.52. The lowest BCUT2D eigenvalue weighted by atomic mass is 10.1. The van der Waals surface area contributed by atoms with Crippen LogP contribution in [-0.4, -0.2) is 36.1 Å². The van der Waals surface area contributed by atoms with Crippen LogP contribution in [0.1, 0.15) is 25.3 Å². The molecular formula is C15H20N2O3. The lowest BCUT2D eigenvalue weighted by Crippen LogP contribution is -2.44. The van der Waals surface area contributed by atoms with Crippen molar-refractivity contribution >= 4 is 17.6 Å². The summed E-state index contributed by atoms with van der Waals surface area (Å²) in [6, 6.07) is 7.18. The lowest BCUT2D eigenvalue weighted by Gasteiger charge is -2.19. The van der Waals surface area contributed by atoms with Gasteiger partial charge in [-0.2, -0.15) is 0 Å². The predicted octanol–water partition coefficient (Wildman–Crippen LogP) is 1.42. The number of para-hydroxylation sites is 1. The SMILES string of the molecule is CCC[C@@H](NCC(=O)N1CCc2ccccc21)C(=O)O. The molecule has 1 aliphatic heterocycles. The van der Waals surface area contributed by atoms with Gasteiger partial charge in [-0.1, -0.05) is 31.5 Å². The number of benzene rings is 1. The van der Waals surface area contributed by atoms with Gasteiger partial charge in [0.1, 0.15) is 6.04 Å². The summed E-state index contributed by atoms with van der Waals surface area (Å²) in [4.78, 5) is 25.0. The number of nitrogens with one attached hydrogen (secondary N) is 1. The molecule has 2 N–H and O–H groups in total. The minimum absolute atomic E-state index is 0.0608. The summed E-state index contributed by atoms with van der Waals surface area (Å²) >= 11 is 0. The van der Waals surface area contributed by atoms with Crippen LogP contribution in [0, 0.1) is 0 Å². The Hall–Kier alpha value is -1.88. The van der Waals surface area contributed by atoms with Gasteiger partial charge in [0.05, 0.1) is 6.54 Å². The van der Waals surface area contributed by atoms with Gasteiger partial charge in [-0.05, 0) is 24.5 Å². The Labute approximate surface area is 118 Å². The molecule has 1 heterocycles. The van der Waals surface area contributed by atoms with Crippen LogP contribution in [0.25, 0.3) is 0 Å².